The largest absolute Gasteiger partial charge is 0.508 e. The van der Waals surface area contributed by atoms with Gasteiger partial charge in [0.1, 0.15) is 11.9 Å². The average molecular weight is 176 g/mol. The molecular weight excluding hydrogens is 164 g/mol. The Balaban J connectivity index is 2.41. The molecular formula is C11H12O2. The SMILES string of the molecule is C=Cc1ccc(O)cc1C1OC1C. The predicted molar refractivity (Wildman–Crippen MR) is 51.5 cm³/mol. The Kier molecular flexibility index (Phi) is 1.85. The molecule has 2 nitrogen and oxygen atoms in total. The third-order valence-electron chi connectivity index (χ3n) is 2.31. The summed E-state index contributed by atoms with van der Waals surface area (Å²) >= 11 is 0. The Labute approximate surface area is 77.5 Å². The Morgan fingerprint density at radius 2 is 2.23 bits per heavy atom. The summed E-state index contributed by atoms with van der Waals surface area (Å²) in [4.78, 5) is 0. The lowest BCUT2D eigenvalue weighted by Gasteiger charge is -2.02. The van der Waals surface area contributed by atoms with Crippen LogP contribution in [-0.4, -0.2) is 11.2 Å². The maximum absolute atomic E-state index is 9.31. The molecule has 0 radical (unpaired) electrons. The van der Waals surface area contributed by atoms with Crippen LogP contribution in [0.25, 0.3) is 6.08 Å². The lowest BCUT2D eigenvalue weighted by Crippen LogP contribution is -1.88. The summed E-state index contributed by atoms with van der Waals surface area (Å²) in [6.45, 7) is 5.73. The van der Waals surface area contributed by atoms with E-state index in [0.29, 0.717) is 0 Å². The lowest BCUT2D eigenvalue weighted by atomic mass is 10.0. The first-order valence-electron chi connectivity index (χ1n) is 4.33. The third kappa shape index (κ3) is 1.45. The van der Waals surface area contributed by atoms with E-state index in [0.717, 1.165) is 11.1 Å². The smallest absolute Gasteiger partial charge is 0.115 e. The number of rotatable bonds is 2. The van der Waals surface area contributed by atoms with Crippen LogP contribution < -0.4 is 0 Å². The summed E-state index contributed by atoms with van der Waals surface area (Å²) in [5.74, 6) is 0.281. The van der Waals surface area contributed by atoms with Crippen LogP contribution in [0, 0.1) is 0 Å². The standard InChI is InChI=1S/C11H12O2/c1-3-8-4-5-9(12)6-10(8)11-7(2)13-11/h3-7,11-12H,1H2,2H3. The van der Waals surface area contributed by atoms with E-state index in [1.807, 2.05) is 13.0 Å². The van der Waals surface area contributed by atoms with Gasteiger partial charge in [0.25, 0.3) is 0 Å². The second kappa shape index (κ2) is 2.89. The van der Waals surface area contributed by atoms with Gasteiger partial charge in [-0.25, -0.2) is 0 Å². The summed E-state index contributed by atoms with van der Waals surface area (Å²) in [5.41, 5.74) is 2.06. The number of phenolic OH excluding ortho intramolecular Hbond substituents is 1. The molecule has 1 saturated heterocycles. The first-order chi connectivity index (χ1) is 6.22. The van der Waals surface area contributed by atoms with Crippen molar-refractivity contribution in [2.24, 2.45) is 0 Å². The van der Waals surface area contributed by atoms with Gasteiger partial charge < -0.3 is 9.84 Å². The van der Waals surface area contributed by atoms with E-state index in [-0.39, 0.29) is 18.0 Å². The molecule has 2 heteroatoms. The van der Waals surface area contributed by atoms with Gasteiger partial charge in [-0.1, -0.05) is 18.7 Å². The number of benzene rings is 1. The zero-order valence-electron chi connectivity index (χ0n) is 7.53. The zero-order valence-corrected chi connectivity index (χ0v) is 7.53. The van der Waals surface area contributed by atoms with Crippen molar-refractivity contribution in [2.75, 3.05) is 0 Å². The van der Waals surface area contributed by atoms with E-state index in [9.17, 15) is 5.11 Å². The highest BCUT2D eigenvalue weighted by atomic mass is 16.6. The van der Waals surface area contributed by atoms with Crippen molar-refractivity contribution in [3.8, 4) is 5.75 Å². The highest BCUT2D eigenvalue weighted by Crippen LogP contribution is 2.41. The molecule has 13 heavy (non-hydrogen) atoms. The maximum Gasteiger partial charge on any atom is 0.115 e. The van der Waals surface area contributed by atoms with Crippen molar-refractivity contribution < 1.29 is 9.84 Å². The minimum atomic E-state index is 0.139. The van der Waals surface area contributed by atoms with E-state index in [4.69, 9.17) is 4.74 Å². The fourth-order valence-electron chi connectivity index (χ4n) is 1.51. The van der Waals surface area contributed by atoms with Gasteiger partial charge in [0.05, 0.1) is 6.10 Å². The molecule has 0 bridgehead atoms. The van der Waals surface area contributed by atoms with Crippen molar-refractivity contribution in [1.29, 1.82) is 0 Å². The number of hydrogen-bond acceptors (Lipinski definition) is 2. The first kappa shape index (κ1) is 8.32. The van der Waals surface area contributed by atoms with Gasteiger partial charge in [-0.3, -0.25) is 0 Å². The Morgan fingerprint density at radius 1 is 1.54 bits per heavy atom. The minimum absolute atomic E-state index is 0.139. The first-order valence-corrected chi connectivity index (χ1v) is 4.33. The zero-order chi connectivity index (χ0) is 9.42. The van der Waals surface area contributed by atoms with Crippen molar-refractivity contribution in [3.63, 3.8) is 0 Å². The van der Waals surface area contributed by atoms with E-state index in [2.05, 4.69) is 6.58 Å². The molecule has 2 rings (SSSR count). The number of ether oxygens (including phenoxy) is 1. The topological polar surface area (TPSA) is 32.8 Å². The van der Waals surface area contributed by atoms with E-state index in [1.165, 1.54) is 0 Å². The van der Waals surface area contributed by atoms with Crippen LogP contribution in [0.1, 0.15) is 24.2 Å². The van der Waals surface area contributed by atoms with Crippen molar-refractivity contribution in [3.05, 3.63) is 35.9 Å². The van der Waals surface area contributed by atoms with Crippen molar-refractivity contribution in [2.45, 2.75) is 19.1 Å². The van der Waals surface area contributed by atoms with Crippen molar-refractivity contribution in [1.82, 2.24) is 0 Å². The monoisotopic (exact) mass is 176 g/mol. The van der Waals surface area contributed by atoms with Crippen LogP contribution in [0.5, 0.6) is 5.75 Å². The molecule has 0 spiro atoms. The van der Waals surface area contributed by atoms with Gasteiger partial charge in [-0.05, 0) is 30.2 Å². The Bertz CT molecular complexity index is 344. The van der Waals surface area contributed by atoms with Gasteiger partial charge in [0, 0.05) is 0 Å². The molecule has 2 unspecified atom stereocenters. The molecule has 1 aromatic rings. The quantitative estimate of drug-likeness (QED) is 0.702. The normalized spacial score (nSPS) is 25.6. The van der Waals surface area contributed by atoms with Gasteiger partial charge in [0.2, 0.25) is 0 Å². The van der Waals surface area contributed by atoms with Crippen LogP contribution in [-0.2, 0) is 4.74 Å². The van der Waals surface area contributed by atoms with Gasteiger partial charge in [-0.2, -0.15) is 0 Å². The van der Waals surface area contributed by atoms with Gasteiger partial charge in [0.15, 0.2) is 0 Å². The van der Waals surface area contributed by atoms with E-state index < -0.39 is 0 Å². The Morgan fingerprint density at radius 3 is 2.77 bits per heavy atom. The number of epoxide rings is 1. The molecule has 1 N–H and O–H groups in total. The molecule has 68 valence electrons. The molecule has 0 saturated carbocycles. The number of hydrogen-bond donors (Lipinski definition) is 1. The fourth-order valence-corrected chi connectivity index (χ4v) is 1.51. The lowest BCUT2D eigenvalue weighted by molar-refractivity contribution is 0.382. The molecule has 0 aromatic heterocycles. The summed E-state index contributed by atoms with van der Waals surface area (Å²) in [7, 11) is 0. The summed E-state index contributed by atoms with van der Waals surface area (Å²) < 4.78 is 5.34. The molecule has 1 aromatic carbocycles. The van der Waals surface area contributed by atoms with Crippen LogP contribution in [0.15, 0.2) is 24.8 Å². The fraction of sp³-hybridized carbons (Fsp3) is 0.273. The molecule has 1 fully saturated rings. The minimum Gasteiger partial charge on any atom is -0.508 e. The molecule has 1 aliphatic rings. The summed E-state index contributed by atoms with van der Waals surface area (Å²) in [6.07, 6.45) is 2.18. The highest BCUT2D eigenvalue weighted by Gasteiger charge is 2.36. The second-order valence-corrected chi connectivity index (χ2v) is 3.28. The Hall–Kier alpha value is -1.28. The molecule has 1 heterocycles. The van der Waals surface area contributed by atoms with E-state index >= 15 is 0 Å². The van der Waals surface area contributed by atoms with Crippen LogP contribution in [0.3, 0.4) is 0 Å². The van der Waals surface area contributed by atoms with E-state index in [1.54, 1.807) is 18.2 Å². The molecule has 0 aliphatic carbocycles. The second-order valence-electron chi connectivity index (χ2n) is 3.28. The highest BCUT2D eigenvalue weighted by molar-refractivity contribution is 5.55. The van der Waals surface area contributed by atoms with Crippen LogP contribution in [0.2, 0.25) is 0 Å². The molecule has 2 atom stereocenters. The predicted octanol–water partition coefficient (Wildman–Crippen LogP) is 2.50. The number of phenols is 1. The average Bonchev–Trinajstić information content (AvgIpc) is 2.82. The van der Waals surface area contributed by atoms with Crippen molar-refractivity contribution >= 4 is 6.08 Å². The molecule has 1 aliphatic heterocycles. The summed E-state index contributed by atoms with van der Waals surface area (Å²) in [5, 5.41) is 9.31. The van der Waals surface area contributed by atoms with Gasteiger partial charge in [-0.15, -0.1) is 0 Å². The van der Waals surface area contributed by atoms with Gasteiger partial charge >= 0.3 is 0 Å². The number of aromatic hydroxyl groups is 1. The maximum atomic E-state index is 9.31. The molecule has 0 amide bonds. The van der Waals surface area contributed by atoms with Crippen LogP contribution >= 0.6 is 0 Å². The van der Waals surface area contributed by atoms with Crippen LogP contribution in [0.4, 0.5) is 0 Å². The third-order valence-corrected chi connectivity index (χ3v) is 2.31. The summed E-state index contributed by atoms with van der Waals surface area (Å²) in [6, 6.07) is 5.25.